The second-order valence-electron chi connectivity index (χ2n) is 4.49. The summed E-state index contributed by atoms with van der Waals surface area (Å²) in [6.07, 6.45) is 0.628. The SMILES string of the molecule is Nc1ccc(Cc2nc3cc(CO)ccc3o2)cc1. The van der Waals surface area contributed by atoms with Gasteiger partial charge >= 0.3 is 0 Å². The first-order valence-corrected chi connectivity index (χ1v) is 6.08. The first kappa shape index (κ1) is 11.7. The van der Waals surface area contributed by atoms with Gasteiger partial charge in [0.25, 0.3) is 0 Å². The van der Waals surface area contributed by atoms with Crippen LogP contribution in [0.3, 0.4) is 0 Å². The number of anilines is 1. The lowest BCUT2D eigenvalue weighted by atomic mass is 10.1. The summed E-state index contributed by atoms with van der Waals surface area (Å²) in [4.78, 5) is 4.43. The molecule has 0 amide bonds. The van der Waals surface area contributed by atoms with Crippen LogP contribution in [0.25, 0.3) is 11.1 Å². The Kier molecular flexibility index (Phi) is 2.93. The maximum absolute atomic E-state index is 9.09. The number of benzene rings is 2. The van der Waals surface area contributed by atoms with Crippen molar-refractivity contribution in [2.45, 2.75) is 13.0 Å². The summed E-state index contributed by atoms with van der Waals surface area (Å²) in [5.41, 5.74) is 9.84. The van der Waals surface area contributed by atoms with E-state index < -0.39 is 0 Å². The zero-order valence-electron chi connectivity index (χ0n) is 10.3. The molecule has 19 heavy (non-hydrogen) atoms. The fourth-order valence-corrected chi connectivity index (χ4v) is 2.00. The Morgan fingerprint density at radius 1 is 1.05 bits per heavy atom. The summed E-state index contributed by atoms with van der Waals surface area (Å²) in [7, 11) is 0. The zero-order valence-corrected chi connectivity index (χ0v) is 10.3. The summed E-state index contributed by atoms with van der Waals surface area (Å²) >= 11 is 0. The van der Waals surface area contributed by atoms with Gasteiger partial charge < -0.3 is 15.3 Å². The van der Waals surface area contributed by atoms with Crippen molar-refractivity contribution in [3.05, 3.63) is 59.5 Å². The number of nitrogen functional groups attached to an aromatic ring is 1. The first-order valence-electron chi connectivity index (χ1n) is 6.08. The molecule has 96 valence electrons. The van der Waals surface area contributed by atoms with E-state index in [2.05, 4.69) is 4.98 Å². The van der Waals surface area contributed by atoms with Gasteiger partial charge in [0.05, 0.1) is 6.61 Å². The molecule has 4 nitrogen and oxygen atoms in total. The third kappa shape index (κ3) is 2.44. The minimum Gasteiger partial charge on any atom is -0.440 e. The van der Waals surface area contributed by atoms with Gasteiger partial charge in [0.2, 0.25) is 0 Å². The molecular formula is C15H14N2O2. The lowest BCUT2D eigenvalue weighted by molar-refractivity contribution is 0.282. The molecule has 0 radical (unpaired) electrons. The number of nitrogens with two attached hydrogens (primary N) is 1. The molecule has 0 spiro atoms. The molecule has 0 aliphatic heterocycles. The molecule has 0 aliphatic rings. The van der Waals surface area contributed by atoms with Gasteiger partial charge in [-0.1, -0.05) is 18.2 Å². The standard InChI is InChI=1S/C15H14N2O2/c16-12-4-1-10(2-5-12)8-15-17-13-7-11(9-18)3-6-14(13)19-15/h1-7,18H,8-9,16H2. The molecule has 3 N–H and O–H groups in total. The molecule has 1 aromatic heterocycles. The van der Waals surface area contributed by atoms with E-state index in [4.69, 9.17) is 15.3 Å². The summed E-state index contributed by atoms with van der Waals surface area (Å²) in [5, 5.41) is 9.09. The second kappa shape index (κ2) is 4.74. The molecule has 2 aromatic carbocycles. The van der Waals surface area contributed by atoms with Gasteiger partial charge in [-0.15, -0.1) is 0 Å². The number of aliphatic hydroxyl groups excluding tert-OH is 1. The topological polar surface area (TPSA) is 72.3 Å². The average molecular weight is 254 g/mol. The molecule has 0 fully saturated rings. The quantitative estimate of drug-likeness (QED) is 0.704. The Morgan fingerprint density at radius 2 is 1.79 bits per heavy atom. The highest BCUT2D eigenvalue weighted by atomic mass is 16.3. The molecule has 3 aromatic rings. The Balaban J connectivity index is 1.90. The van der Waals surface area contributed by atoms with Crippen LogP contribution in [0.5, 0.6) is 0 Å². The largest absolute Gasteiger partial charge is 0.440 e. The van der Waals surface area contributed by atoms with Crippen LogP contribution < -0.4 is 5.73 Å². The van der Waals surface area contributed by atoms with Crippen LogP contribution in [-0.4, -0.2) is 10.1 Å². The zero-order chi connectivity index (χ0) is 13.2. The first-order chi connectivity index (χ1) is 9.24. The normalized spacial score (nSPS) is 11.0. The van der Waals surface area contributed by atoms with E-state index in [-0.39, 0.29) is 6.61 Å². The van der Waals surface area contributed by atoms with Crippen molar-refractivity contribution in [2.75, 3.05) is 5.73 Å². The fraction of sp³-hybridized carbons (Fsp3) is 0.133. The number of hydrogen-bond donors (Lipinski definition) is 2. The molecule has 3 rings (SSSR count). The van der Waals surface area contributed by atoms with E-state index in [0.717, 1.165) is 27.9 Å². The van der Waals surface area contributed by atoms with E-state index in [0.29, 0.717) is 12.3 Å². The molecule has 0 unspecified atom stereocenters. The molecule has 0 saturated heterocycles. The number of aromatic nitrogens is 1. The van der Waals surface area contributed by atoms with Gasteiger partial charge in [0.1, 0.15) is 5.52 Å². The van der Waals surface area contributed by atoms with Crippen molar-refractivity contribution in [1.82, 2.24) is 4.98 Å². The predicted octanol–water partition coefficient (Wildman–Crippen LogP) is 2.49. The van der Waals surface area contributed by atoms with E-state index in [1.807, 2.05) is 42.5 Å². The highest BCUT2D eigenvalue weighted by molar-refractivity contribution is 5.73. The van der Waals surface area contributed by atoms with Crippen molar-refractivity contribution < 1.29 is 9.52 Å². The van der Waals surface area contributed by atoms with E-state index in [1.54, 1.807) is 0 Å². The van der Waals surface area contributed by atoms with Crippen LogP contribution in [-0.2, 0) is 13.0 Å². The van der Waals surface area contributed by atoms with Gasteiger partial charge in [0, 0.05) is 12.1 Å². The molecule has 0 saturated carbocycles. The maximum atomic E-state index is 9.09. The average Bonchev–Trinajstić information content (AvgIpc) is 2.82. The summed E-state index contributed by atoms with van der Waals surface area (Å²) < 4.78 is 5.68. The van der Waals surface area contributed by atoms with Crippen LogP contribution in [0.2, 0.25) is 0 Å². The third-order valence-electron chi connectivity index (χ3n) is 3.01. The number of fused-ring (bicyclic) bond motifs is 1. The molecular weight excluding hydrogens is 240 g/mol. The number of rotatable bonds is 3. The van der Waals surface area contributed by atoms with Crippen LogP contribution in [0.1, 0.15) is 17.0 Å². The smallest absolute Gasteiger partial charge is 0.199 e. The summed E-state index contributed by atoms with van der Waals surface area (Å²) in [5.74, 6) is 0.662. The Hall–Kier alpha value is -2.33. The van der Waals surface area contributed by atoms with Crippen LogP contribution >= 0.6 is 0 Å². The number of oxazole rings is 1. The van der Waals surface area contributed by atoms with E-state index >= 15 is 0 Å². The van der Waals surface area contributed by atoms with Crippen molar-refractivity contribution in [2.24, 2.45) is 0 Å². The van der Waals surface area contributed by atoms with E-state index in [1.165, 1.54) is 0 Å². The van der Waals surface area contributed by atoms with Crippen LogP contribution in [0.4, 0.5) is 5.69 Å². The summed E-state index contributed by atoms with van der Waals surface area (Å²) in [6, 6.07) is 13.2. The van der Waals surface area contributed by atoms with Gasteiger partial charge in [-0.25, -0.2) is 4.98 Å². The van der Waals surface area contributed by atoms with Gasteiger partial charge in [-0.3, -0.25) is 0 Å². The molecule has 0 aliphatic carbocycles. The number of aliphatic hydroxyl groups is 1. The lowest BCUT2D eigenvalue weighted by Gasteiger charge is -1.97. The third-order valence-corrected chi connectivity index (χ3v) is 3.01. The number of hydrogen-bond acceptors (Lipinski definition) is 4. The van der Waals surface area contributed by atoms with Crippen molar-refractivity contribution in [3.8, 4) is 0 Å². The van der Waals surface area contributed by atoms with Crippen molar-refractivity contribution in [1.29, 1.82) is 0 Å². The van der Waals surface area contributed by atoms with Gasteiger partial charge in [-0.05, 0) is 35.4 Å². The predicted molar refractivity (Wildman–Crippen MR) is 73.6 cm³/mol. The van der Waals surface area contributed by atoms with Crippen molar-refractivity contribution in [3.63, 3.8) is 0 Å². The molecule has 1 heterocycles. The number of nitrogens with zero attached hydrogens (tertiary/aromatic N) is 1. The monoisotopic (exact) mass is 254 g/mol. The highest BCUT2D eigenvalue weighted by Crippen LogP contribution is 2.19. The molecule has 0 atom stereocenters. The maximum Gasteiger partial charge on any atom is 0.199 e. The minimum atomic E-state index is 0.0100. The molecule has 0 bridgehead atoms. The summed E-state index contributed by atoms with van der Waals surface area (Å²) in [6.45, 7) is 0.0100. The van der Waals surface area contributed by atoms with Gasteiger partial charge in [-0.2, -0.15) is 0 Å². The second-order valence-corrected chi connectivity index (χ2v) is 4.49. The lowest BCUT2D eigenvalue weighted by Crippen LogP contribution is -1.89. The van der Waals surface area contributed by atoms with Gasteiger partial charge in [0.15, 0.2) is 11.5 Å². The van der Waals surface area contributed by atoms with Crippen LogP contribution in [0, 0.1) is 0 Å². The molecule has 4 heteroatoms. The van der Waals surface area contributed by atoms with Crippen molar-refractivity contribution >= 4 is 16.8 Å². The Bertz CT molecular complexity index is 702. The Morgan fingerprint density at radius 3 is 2.53 bits per heavy atom. The Labute approximate surface area is 110 Å². The minimum absolute atomic E-state index is 0.0100. The highest BCUT2D eigenvalue weighted by Gasteiger charge is 2.07. The van der Waals surface area contributed by atoms with E-state index in [9.17, 15) is 0 Å². The van der Waals surface area contributed by atoms with Crippen LogP contribution in [0.15, 0.2) is 46.9 Å². The fourth-order valence-electron chi connectivity index (χ4n) is 2.00.